The molecule has 0 bridgehead atoms. The van der Waals surface area contributed by atoms with Crippen molar-refractivity contribution in [1.82, 2.24) is 15.5 Å². The maximum atomic E-state index is 11.6. The molecule has 0 atom stereocenters. The Morgan fingerprint density at radius 3 is 2.43 bits per heavy atom. The molecule has 6 heteroatoms. The van der Waals surface area contributed by atoms with E-state index in [1.54, 1.807) is 12.1 Å². The van der Waals surface area contributed by atoms with Gasteiger partial charge in [-0.1, -0.05) is 30.3 Å². The molecule has 1 aromatic heterocycles. The summed E-state index contributed by atoms with van der Waals surface area (Å²) in [7, 11) is 0. The normalized spacial score (nSPS) is 13.5. The maximum absolute atomic E-state index is 11.6. The highest BCUT2D eigenvalue weighted by molar-refractivity contribution is 5.88. The van der Waals surface area contributed by atoms with Crippen molar-refractivity contribution in [1.29, 1.82) is 0 Å². The van der Waals surface area contributed by atoms with Gasteiger partial charge in [-0.15, -0.1) is 10.2 Å². The Hall–Kier alpha value is -2.63. The molecule has 0 unspecified atom stereocenters. The summed E-state index contributed by atoms with van der Waals surface area (Å²) in [5.74, 6) is 1.12. The van der Waals surface area contributed by atoms with Crippen LogP contribution in [0.2, 0.25) is 0 Å². The van der Waals surface area contributed by atoms with Crippen molar-refractivity contribution in [2.75, 3.05) is 10.6 Å². The molecule has 3 N–H and O–H groups in total. The summed E-state index contributed by atoms with van der Waals surface area (Å²) in [6.07, 6.45) is 2.11. The standard InChI is InChI=1S/C15H17N5O/c21-15(17-12-6-7-12)18-14-9-8-13(19-20-14)16-10-11-4-2-1-3-5-11/h1-5,8-9,12H,6-7,10H2,(H,16,19)(H2,17,18,20,21). The number of hydrogen-bond donors (Lipinski definition) is 3. The smallest absolute Gasteiger partial charge is 0.320 e. The molecular formula is C15H17N5O. The molecule has 2 aromatic rings. The van der Waals surface area contributed by atoms with Gasteiger partial charge in [-0.2, -0.15) is 0 Å². The monoisotopic (exact) mass is 283 g/mol. The largest absolute Gasteiger partial charge is 0.365 e. The molecule has 1 aliphatic carbocycles. The quantitative estimate of drug-likeness (QED) is 0.787. The number of carbonyl (C=O) groups excluding carboxylic acids is 1. The van der Waals surface area contributed by atoms with Crippen LogP contribution < -0.4 is 16.0 Å². The fourth-order valence-electron chi connectivity index (χ4n) is 1.85. The predicted octanol–water partition coefficient (Wildman–Crippen LogP) is 2.37. The van der Waals surface area contributed by atoms with E-state index in [0.29, 0.717) is 24.2 Å². The van der Waals surface area contributed by atoms with E-state index < -0.39 is 0 Å². The van der Waals surface area contributed by atoms with Crippen LogP contribution in [0.15, 0.2) is 42.5 Å². The van der Waals surface area contributed by atoms with Gasteiger partial charge in [0.05, 0.1) is 0 Å². The molecule has 1 aliphatic rings. The third kappa shape index (κ3) is 4.17. The average molecular weight is 283 g/mol. The molecule has 1 aromatic carbocycles. The minimum Gasteiger partial charge on any atom is -0.365 e. The van der Waals surface area contributed by atoms with E-state index in [0.717, 1.165) is 12.8 Å². The number of nitrogens with zero attached hydrogens (tertiary/aromatic N) is 2. The van der Waals surface area contributed by atoms with Gasteiger partial charge in [-0.3, -0.25) is 5.32 Å². The lowest BCUT2D eigenvalue weighted by atomic mass is 10.2. The van der Waals surface area contributed by atoms with Crippen molar-refractivity contribution >= 4 is 17.7 Å². The van der Waals surface area contributed by atoms with E-state index in [1.807, 2.05) is 30.3 Å². The van der Waals surface area contributed by atoms with Crippen molar-refractivity contribution in [2.45, 2.75) is 25.4 Å². The lowest BCUT2D eigenvalue weighted by Gasteiger charge is -2.07. The van der Waals surface area contributed by atoms with Gasteiger partial charge in [0.1, 0.15) is 5.82 Å². The topological polar surface area (TPSA) is 78.9 Å². The average Bonchev–Trinajstić information content (AvgIpc) is 3.31. The number of urea groups is 1. The van der Waals surface area contributed by atoms with E-state index in [1.165, 1.54) is 5.56 Å². The molecule has 0 radical (unpaired) electrons. The van der Waals surface area contributed by atoms with Crippen LogP contribution in [-0.2, 0) is 6.54 Å². The SMILES string of the molecule is O=C(Nc1ccc(NCc2ccccc2)nn1)NC1CC1. The number of benzene rings is 1. The van der Waals surface area contributed by atoms with Crippen LogP contribution in [-0.4, -0.2) is 22.3 Å². The van der Waals surface area contributed by atoms with Gasteiger partial charge in [-0.05, 0) is 30.5 Å². The van der Waals surface area contributed by atoms with Crippen LogP contribution in [0.4, 0.5) is 16.4 Å². The summed E-state index contributed by atoms with van der Waals surface area (Å²) in [5.41, 5.74) is 1.17. The minimum absolute atomic E-state index is 0.225. The lowest BCUT2D eigenvalue weighted by molar-refractivity contribution is 0.251. The second kappa shape index (κ2) is 6.21. The van der Waals surface area contributed by atoms with Gasteiger partial charge < -0.3 is 10.6 Å². The van der Waals surface area contributed by atoms with Crippen LogP contribution in [0.3, 0.4) is 0 Å². The zero-order valence-electron chi connectivity index (χ0n) is 11.5. The number of aromatic nitrogens is 2. The Balaban J connectivity index is 1.50. The van der Waals surface area contributed by atoms with Crippen LogP contribution in [0, 0.1) is 0 Å². The second-order valence-electron chi connectivity index (χ2n) is 5.02. The zero-order valence-corrected chi connectivity index (χ0v) is 11.5. The molecule has 6 nitrogen and oxygen atoms in total. The fraction of sp³-hybridized carbons (Fsp3) is 0.267. The molecule has 21 heavy (non-hydrogen) atoms. The highest BCUT2D eigenvalue weighted by atomic mass is 16.2. The fourth-order valence-corrected chi connectivity index (χ4v) is 1.85. The molecule has 3 rings (SSSR count). The first-order valence-corrected chi connectivity index (χ1v) is 6.98. The highest BCUT2D eigenvalue weighted by Crippen LogP contribution is 2.18. The molecule has 0 aliphatic heterocycles. The van der Waals surface area contributed by atoms with Crippen LogP contribution in [0.1, 0.15) is 18.4 Å². The van der Waals surface area contributed by atoms with E-state index in [4.69, 9.17) is 0 Å². The van der Waals surface area contributed by atoms with Gasteiger partial charge in [0.25, 0.3) is 0 Å². The Kier molecular flexibility index (Phi) is 3.95. The third-order valence-corrected chi connectivity index (χ3v) is 3.14. The van der Waals surface area contributed by atoms with Crippen LogP contribution in [0.5, 0.6) is 0 Å². The molecule has 0 saturated heterocycles. The summed E-state index contributed by atoms with van der Waals surface area (Å²) in [6.45, 7) is 0.685. The van der Waals surface area contributed by atoms with Gasteiger partial charge in [0.2, 0.25) is 0 Å². The van der Waals surface area contributed by atoms with Gasteiger partial charge in [0.15, 0.2) is 5.82 Å². The lowest BCUT2D eigenvalue weighted by Crippen LogP contribution is -2.30. The number of hydrogen-bond acceptors (Lipinski definition) is 4. The van der Waals surface area contributed by atoms with E-state index in [9.17, 15) is 4.79 Å². The maximum Gasteiger partial charge on any atom is 0.320 e. The van der Waals surface area contributed by atoms with Crippen LogP contribution in [0.25, 0.3) is 0 Å². The summed E-state index contributed by atoms with van der Waals surface area (Å²) in [6, 6.07) is 13.7. The van der Waals surface area contributed by atoms with Crippen molar-refractivity contribution in [3.8, 4) is 0 Å². The Labute approximate surface area is 123 Å². The molecule has 1 saturated carbocycles. The number of amides is 2. The third-order valence-electron chi connectivity index (χ3n) is 3.14. The van der Waals surface area contributed by atoms with Crippen molar-refractivity contribution in [3.63, 3.8) is 0 Å². The van der Waals surface area contributed by atoms with E-state index in [-0.39, 0.29) is 6.03 Å². The van der Waals surface area contributed by atoms with Gasteiger partial charge in [0, 0.05) is 12.6 Å². The number of anilines is 2. The summed E-state index contributed by atoms with van der Waals surface area (Å²) >= 11 is 0. The summed E-state index contributed by atoms with van der Waals surface area (Å²) in [4.78, 5) is 11.6. The van der Waals surface area contributed by atoms with Gasteiger partial charge >= 0.3 is 6.03 Å². The molecule has 2 amide bonds. The number of rotatable bonds is 5. The molecule has 1 heterocycles. The van der Waals surface area contributed by atoms with Crippen LogP contribution >= 0.6 is 0 Å². The van der Waals surface area contributed by atoms with Crippen molar-refractivity contribution in [2.24, 2.45) is 0 Å². The Morgan fingerprint density at radius 1 is 1.05 bits per heavy atom. The Bertz CT molecular complexity index is 595. The Morgan fingerprint density at radius 2 is 1.76 bits per heavy atom. The zero-order chi connectivity index (χ0) is 14.5. The minimum atomic E-state index is -0.225. The predicted molar refractivity (Wildman–Crippen MR) is 81.0 cm³/mol. The molecule has 0 spiro atoms. The number of nitrogens with one attached hydrogen (secondary N) is 3. The summed E-state index contributed by atoms with van der Waals surface area (Å²) in [5, 5.41) is 16.7. The summed E-state index contributed by atoms with van der Waals surface area (Å²) < 4.78 is 0. The second-order valence-corrected chi connectivity index (χ2v) is 5.02. The first-order valence-electron chi connectivity index (χ1n) is 6.98. The first-order chi connectivity index (χ1) is 10.3. The first kappa shape index (κ1) is 13.4. The van der Waals surface area contributed by atoms with Crippen molar-refractivity contribution < 1.29 is 4.79 Å². The highest BCUT2D eigenvalue weighted by Gasteiger charge is 2.23. The van der Waals surface area contributed by atoms with Gasteiger partial charge in [-0.25, -0.2) is 4.79 Å². The van der Waals surface area contributed by atoms with E-state index in [2.05, 4.69) is 26.1 Å². The van der Waals surface area contributed by atoms with Crippen molar-refractivity contribution in [3.05, 3.63) is 48.0 Å². The molecule has 1 fully saturated rings. The molecular weight excluding hydrogens is 266 g/mol. The van der Waals surface area contributed by atoms with E-state index >= 15 is 0 Å². The molecule has 108 valence electrons. The number of carbonyl (C=O) groups is 1.